The smallest absolute Gasteiger partial charge is 0.410 e. The molecule has 0 aromatic heterocycles. The minimum absolute atomic E-state index is 0.185. The highest BCUT2D eigenvalue weighted by Gasteiger charge is 2.39. The lowest BCUT2D eigenvalue weighted by molar-refractivity contribution is -0.136. The number of likely N-dealkylation sites (tertiary alicyclic amines) is 1. The van der Waals surface area contributed by atoms with E-state index in [-0.39, 0.29) is 24.3 Å². The van der Waals surface area contributed by atoms with Gasteiger partial charge in [0.1, 0.15) is 11.6 Å². The second-order valence-electron chi connectivity index (χ2n) is 10.5. The summed E-state index contributed by atoms with van der Waals surface area (Å²) in [5.74, 6) is 6.12. The van der Waals surface area contributed by atoms with Crippen LogP contribution in [0.5, 0.6) is 0 Å². The first kappa shape index (κ1) is 24.8. The number of nitrogens with one attached hydrogen (secondary N) is 1. The molecule has 4 amide bonds. The van der Waals surface area contributed by atoms with Crippen molar-refractivity contribution in [2.45, 2.75) is 77.5 Å². The van der Waals surface area contributed by atoms with Crippen LogP contribution in [-0.4, -0.2) is 58.3 Å². The molecule has 8 heteroatoms. The fourth-order valence-electron chi connectivity index (χ4n) is 4.87. The minimum atomic E-state index is -0.625. The van der Waals surface area contributed by atoms with Gasteiger partial charge in [0.15, 0.2) is 0 Å². The van der Waals surface area contributed by atoms with Gasteiger partial charge in [0, 0.05) is 43.6 Å². The van der Waals surface area contributed by atoms with E-state index in [1.54, 1.807) is 15.9 Å². The number of ether oxygens (including phenoxy) is 1. The summed E-state index contributed by atoms with van der Waals surface area (Å²) >= 11 is 0. The van der Waals surface area contributed by atoms with Crippen LogP contribution in [0, 0.1) is 17.8 Å². The van der Waals surface area contributed by atoms with E-state index >= 15 is 0 Å². The lowest BCUT2D eigenvalue weighted by Crippen LogP contribution is -2.52. The number of amides is 4. The first-order valence-electron chi connectivity index (χ1n) is 12.4. The third kappa shape index (κ3) is 5.84. The number of rotatable bonds is 3. The van der Waals surface area contributed by atoms with Crippen LogP contribution in [0.1, 0.15) is 80.8 Å². The molecule has 0 aliphatic carbocycles. The standard InChI is InChI=1S/C27H33N3O5/c1-27(2,3)35-26(34)29-15-13-18(14-16-29)7-4-5-8-19-9-6-10-20-21(19)17-30(25(20)33)22-11-12-23(31)28-24(22)32/h6,9-10,18,22H,4,7,11-17H2,1-3H3,(H,28,31,32). The Morgan fingerprint density at radius 3 is 2.57 bits per heavy atom. The Labute approximate surface area is 206 Å². The van der Waals surface area contributed by atoms with E-state index in [1.165, 1.54) is 0 Å². The van der Waals surface area contributed by atoms with Crippen molar-refractivity contribution >= 4 is 23.8 Å². The van der Waals surface area contributed by atoms with Gasteiger partial charge in [0.05, 0.1) is 0 Å². The summed E-state index contributed by atoms with van der Waals surface area (Å²) in [7, 11) is 0. The van der Waals surface area contributed by atoms with E-state index in [2.05, 4.69) is 17.2 Å². The quantitative estimate of drug-likeness (QED) is 0.531. The van der Waals surface area contributed by atoms with Crippen LogP contribution in [0.25, 0.3) is 0 Å². The summed E-state index contributed by atoms with van der Waals surface area (Å²) in [6, 6.07) is 4.88. The summed E-state index contributed by atoms with van der Waals surface area (Å²) < 4.78 is 5.46. The van der Waals surface area contributed by atoms with Crippen LogP contribution >= 0.6 is 0 Å². The van der Waals surface area contributed by atoms with Crippen LogP contribution in [0.15, 0.2) is 18.2 Å². The molecule has 35 heavy (non-hydrogen) atoms. The zero-order chi connectivity index (χ0) is 25.2. The Morgan fingerprint density at radius 1 is 1.14 bits per heavy atom. The van der Waals surface area contributed by atoms with Crippen molar-refractivity contribution in [1.82, 2.24) is 15.1 Å². The summed E-state index contributed by atoms with van der Waals surface area (Å²) in [5, 5.41) is 2.33. The van der Waals surface area contributed by atoms with E-state index in [4.69, 9.17) is 4.74 Å². The molecule has 4 rings (SSSR count). The molecule has 3 aliphatic heterocycles. The van der Waals surface area contributed by atoms with Crippen molar-refractivity contribution in [3.05, 3.63) is 34.9 Å². The van der Waals surface area contributed by atoms with Gasteiger partial charge in [-0.25, -0.2) is 4.79 Å². The summed E-state index contributed by atoms with van der Waals surface area (Å²) in [6.45, 7) is 7.37. The Morgan fingerprint density at radius 2 is 1.89 bits per heavy atom. The Bertz CT molecular complexity index is 1090. The SMILES string of the molecule is CC(C)(C)OC(=O)N1CCC(CCC#Cc2cccc3c2CN(C2CCC(=O)NC2=O)C3=O)CC1. The molecular formula is C27H33N3O5. The molecule has 8 nitrogen and oxygen atoms in total. The molecule has 1 unspecified atom stereocenters. The average Bonchev–Trinajstić information content (AvgIpc) is 3.13. The molecule has 3 aliphatic rings. The van der Waals surface area contributed by atoms with Gasteiger partial charge < -0.3 is 14.5 Å². The van der Waals surface area contributed by atoms with Gasteiger partial charge in [-0.1, -0.05) is 17.9 Å². The van der Waals surface area contributed by atoms with Crippen molar-refractivity contribution in [2.75, 3.05) is 13.1 Å². The van der Waals surface area contributed by atoms with Gasteiger partial charge in [0.25, 0.3) is 5.91 Å². The van der Waals surface area contributed by atoms with E-state index in [0.717, 1.165) is 36.8 Å². The first-order chi connectivity index (χ1) is 16.6. The third-order valence-corrected chi connectivity index (χ3v) is 6.75. The highest BCUT2D eigenvalue weighted by Crippen LogP contribution is 2.29. The van der Waals surface area contributed by atoms with Gasteiger partial charge >= 0.3 is 6.09 Å². The molecule has 186 valence electrons. The summed E-state index contributed by atoms with van der Waals surface area (Å²) in [4.78, 5) is 52.2. The normalized spacial score (nSPS) is 20.8. The maximum absolute atomic E-state index is 12.9. The lowest BCUT2D eigenvalue weighted by Gasteiger charge is -2.33. The van der Waals surface area contributed by atoms with Crippen molar-refractivity contribution in [2.24, 2.45) is 5.92 Å². The largest absolute Gasteiger partial charge is 0.444 e. The predicted octanol–water partition coefficient (Wildman–Crippen LogP) is 3.23. The van der Waals surface area contributed by atoms with Gasteiger partial charge in [-0.05, 0) is 70.1 Å². The average molecular weight is 480 g/mol. The second-order valence-corrected chi connectivity index (χ2v) is 10.5. The fraction of sp³-hybridized carbons (Fsp3) is 0.556. The molecule has 2 fully saturated rings. The molecule has 1 aromatic carbocycles. The van der Waals surface area contributed by atoms with Crippen LogP contribution < -0.4 is 5.32 Å². The van der Waals surface area contributed by atoms with E-state index < -0.39 is 17.6 Å². The van der Waals surface area contributed by atoms with Crippen molar-refractivity contribution in [1.29, 1.82) is 0 Å². The van der Waals surface area contributed by atoms with Gasteiger partial charge in [0.2, 0.25) is 11.8 Å². The maximum Gasteiger partial charge on any atom is 0.410 e. The van der Waals surface area contributed by atoms with Crippen LogP contribution in [-0.2, 0) is 20.9 Å². The topological polar surface area (TPSA) is 96.0 Å². The van der Waals surface area contributed by atoms with Crippen molar-refractivity contribution in [3.63, 3.8) is 0 Å². The molecule has 3 heterocycles. The first-order valence-corrected chi connectivity index (χ1v) is 12.4. The van der Waals surface area contributed by atoms with Crippen molar-refractivity contribution < 1.29 is 23.9 Å². The maximum atomic E-state index is 12.9. The number of nitrogens with zero attached hydrogens (tertiary/aromatic N) is 2. The number of hydrogen-bond acceptors (Lipinski definition) is 5. The fourth-order valence-corrected chi connectivity index (χ4v) is 4.87. The number of hydrogen-bond donors (Lipinski definition) is 1. The number of carbonyl (C=O) groups is 4. The van der Waals surface area contributed by atoms with E-state index in [9.17, 15) is 19.2 Å². The molecule has 0 bridgehead atoms. The summed E-state index contributed by atoms with van der Waals surface area (Å²) in [5.41, 5.74) is 1.76. The van der Waals surface area contributed by atoms with Crippen molar-refractivity contribution in [3.8, 4) is 11.8 Å². The molecule has 1 N–H and O–H groups in total. The minimum Gasteiger partial charge on any atom is -0.444 e. The van der Waals surface area contributed by atoms with E-state index in [1.807, 2.05) is 32.9 Å². The third-order valence-electron chi connectivity index (χ3n) is 6.75. The zero-order valence-electron chi connectivity index (χ0n) is 20.7. The van der Waals surface area contributed by atoms with Gasteiger partial charge in [-0.3, -0.25) is 19.7 Å². The Balaban J connectivity index is 1.31. The second kappa shape index (κ2) is 10.1. The van der Waals surface area contributed by atoms with Gasteiger partial charge in [-0.2, -0.15) is 0 Å². The van der Waals surface area contributed by atoms with E-state index in [0.29, 0.717) is 37.5 Å². The molecule has 1 atom stereocenters. The van der Waals surface area contributed by atoms with Crippen LogP contribution in [0.3, 0.4) is 0 Å². The highest BCUT2D eigenvalue weighted by atomic mass is 16.6. The van der Waals surface area contributed by atoms with Crippen LogP contribution in [0.2, 0.25) is 0 Å². The molecule has 2 saturated heterocycles. The number of piperidine rings is 2. The predicted molar refractivity (Wildman–Crippen MR) is 129 cm³/mol. The van der Waals surface area contributed by atoms with Crippen LogP contribution in [0.4, 0.5) is 4.79 Å². The molecule has 1 aromatic rings. The highest BCUT2D eigenvalue weighted by molar-refractivity contribution is 6.05. The Kier molecular flexibility index (Phi) is 7.15. The lowest BCUT2D eigenvalue weighted by atomic mass is 9.92. The van der Waals surface area contributed by atoms with Gasteiger partial charge in [-0.15, -0.1) is 0 Å². The molecular weight excluding hydrogens is 446 g/mol. The number of carbonyl (C=O) groups excluding carboxylic acids is 4. The monoisotopic (exact) mass is 479 g/mol. The number of fused-ring (bicyclic) bond motifs is 1. The molecule has 0 spiro atoms. The number of benzene rings is 1. The Hall–Kier alpha value is -3.34. The zero-order valence-corrected chi connectivity index (χ0v) is 20.7. The summed E-state index contributed by atoms with van der Waals surface area (Å²) in [6.07, 6.45) is 3.93. The molecule has 0 radical (unpaired) electrons. The number of imide groups is 1. The molecule has 0 saturated carbocycles.